The van der Waals surface area contributed by atoms with Crippen LogP contribution in [-0.4, -0.2) is 30.4 Å². The number of amides is 1. The highest BCUT2D eigenvalue weighted by molar-refractivity contribution is 6.33. The zero-order valence-electron chi connectivity index (χ0n) is 14.0. The number of anilines is 1. The molecule has 0 bridgehead atoms. The Balaban J connectivity index is 1.84. The number of hydrogen-bond acceptors (Lipinski definition) is 5. The molecule has 0 aliphatic rings. The van der Waals surface area contributed by atoms with E-state index in [0.717, 1.165) is 10.2 Å². The van der Waals surface area contributed by atoms with Crippen molar-refractivity contribution in [3.63, 3.8) is 0 Å². The Morgan fingerprint density at radius 1 is 1.31 bits per heavy atom. The van der Waals surface area contributed by atoms with Gasteiger partial charge in [0.15, 0.2) is 5.82 Å². The van der Waals surface area contributed by atoms with E-state index in [1.807, 2.05) is 30.3 Å². The van der Waals surface area contributed by atoms with Crippen molar-refractivity contribution in [1.29, 1.82) is 0 Å². The van der Waals surface area contributed by atoms with Crippen LogP contribution in [0.25, 0.3) is 0 Å². The average Bonchev–Trinajstić information content (AvgIpc) is 3.07. The van der Waals surface area contributed by atoms with Gasteiger partial charge in [-0.2, -0.15) is 10.2 Å². The van der Waals surface area contributed by atoms with Crippen LogP contribution in [0, 0.1) is 17.0 Å². The summed E-state index contributed by atoms with van der Waals surface area (Å²) in [5.41, 5.74) is 0.664. The second-order valence-electron chi connectivity index (χ2n) is 5.63. The molecule has 10 heteroatoms. The molecule has 0 aliphatic heterocycles. The summed E-state index contributed by atoms with van der Waals surface area (Å²) in [5, 5.41) is 22.1. The van der Waals surface area contributed by atoms with Gasteiger partial charge in [-0.15, -0.1) is 0 Å². The molecule has 9 nitrogen and oxygen atoms in total. The van der Waals surface area contributed by atoms with Gasteiger partial charge >= 0.3 is 5.69 Å². The third-order valence-electron chi connectivity index (χ3n) is 3.72. The maximum Gasteiger partial charge on any atom is 0.322 e. The molecule has 0 spiro atoms. The molecule has 0 radical (unpaired) electrons. The SMILES string of the molecule is Cc1nn(C)c(C(=O)Nc2nn(Cc3ccccc3)cc2Cl)c1[N+](=O)[O-]. The largest absolute Gasteiger partial charge is 0.322 e. The van der Waals surface area contributed by atoms with Crippen molar-refractivity contribution in [3.8, 4) is 0 Å². The molecule has 1 amide bonds. The number of carbonyl (C=O) groups is 1. The number of nitrogens with one attached hydrogen (secondary N) is 1. The van der Waals surface area contributed by atoms with Crippen molar-refractivity contribution in [2.45, 2.75) is 13.5 Å². The minimum Gasteiger partial charge on any atom is -0.302 e. The molecule has 2 aromatic heterocycles. The Labute approximate surface area is 153 Å². The molecule has 1 N–H and O–H groups in total. The molecule has 2 heterocycles. The fourth-order valence-corrected chi connectivity index (χ4v) is 2.82. The Morgan fingerprint density at radius 2 is 2.00 bits per heavy atom. The molecule has 3 aromatic rings. The number of rotatable bonds is 5. The number of halogens is 1. The molecule has 1 aromatic carbocycles. The first-order valence-corrected chi connectivity index (χ1v) is 8.01. The minimum atomic E-state index is -0.702. The number of nitrogens with zero attached hydrogens (tertiary/aromatic N) is 5. The van der Waals surface area contributed by atoms with E-state index in [2.05, 4.69) is 15.5 Å². The number of carbonyl (C=O) groups excluding carboxylic acids is 1. The molecule has 3 rings (SSSR count). The van der Waals surface area contributed by atoms with Gasteiger partial charge in [-0.3, -0.25) is 24.3 Å². The molecule has 0 aliphatic carbocycles. The van der Waals surface area contributed by atoms with Gasteiger partial charge < -0.3 is 5.32 Å². The average molecular weight is 375 g/mol. The van der Waals surface area contributed by atoms with Crippen molar-refractivity contribution < 1.29 is 9.72 Å². The van der Waals surface area contributed by atoms with Gasteiger partial charge in [0.25, 0.3) is 5.91 Å². The molecule has 0 saturated carbocycles. The Bertz CT molecular complexity index is 980. The smallest absolute Gasteiger partial charge is 0.302 e. The van der Waals surface area contributed by atoms with Crippen molar-refractivity contribution >= 4 is 29.0 Å². The second kappa shape index (κ2) is 6.96. The third-order valence-corrected chi connectivity index (χ3v) is 4.00. The number of nitro groups is 1. The van der Waals surface area contributed by atoms with Crippen LogP contribution in [0.3, 0.4) is 0 Å². The second-order valence-corrected chi connectivity index (χ2v) is 6.03. The molecular formula is C16H15ClN6O3. The number of hydrogen-bond donors (Lipinski definition) is 1. The van der Waals surface area contributed by atoms with Gasteiger partial charge in [0.05, 0.1) is 11.5 Å². The van der Waals surface area contributed by atoms with E-state index in [-0.39, 0.29) is 27.9 Å². The van der Waals surface area contributed by atoms with Crippen LogP contribution < -0.4 is 5.32 Å². The van der Waals surface area contributed by atoms with Crippen molar-refractivity contribution in [3.05, 3.63) is 68.6 Å². The van der Waals surface area contributed by atoms with Gasteiger partial charge in [0, 0.05) is 13.2 Å². The molecule has 0 atom stereocenters. The highest BCUT2D eigenvalue weighted by Gasteiger charge is 2.30. The van der Waals surface area contributed by atoms with E-state index in [1.54, 1.807) is 10.9 Å². The van der Waals surface area contributed by atoms with E-state index in [1.165, 1.54) is 14.0 Å². The topological polar surface area (TPSA) is 108 Å². The Hall–Kier alpha value is -3.20. The lowest BCUT2D eigenvalue weighted by Gasteiger charge is -2.03. The molecule has 134 valence electrons. The Morgan fingerprint density at radius 3 is 2.65 bits per heavy atom. The summed E-state index contributed by atoms with van der Waals surface area (Å²) in [7, 11) is 1.46. The van der Waals surface area contributed by atoms with E-state index >= 15 is 0 Å². The summed E-state index contributed by atoms with van der Waals surface area (Å²) in [6.07, 6.45) is 1.58. The highest BCUT2D eigenvalue weighted by atomic mass is 35.5. The predicted molar refractivity (Wildman–Crippen MR) is 95.3 cm³/mol. The van der Waals surface area contributed by atoms with Gasteiger partial charge in [0.1, 0.15) is 10.7 Å². The zero-order chi connectivity index (χ0) is 18.8. The summed E-state index contributed by atoms with van der Waals surface area (Å²) in [6.45, 7) is 1.94. The van der Waals surface area contributed by atoms with E-state index in [9.17, 15) is 14.9 Å². The van der Waals surface area contributed by atoms with Gasteiger partial charge in [-0.05, 0) is 12.5 Å². The van der Waals surface area contributed by atoms with Crippen LogP contribution in [-0.2, 0) is 13.6 Å². The quantitative estimate of drug-likeness (QED) is 0.545. The van der Waals surface area contributed by atoms with Gasteiger partial charge in [-0.1, -0.05) is 41.9 Å². The molecule has 0 saturated heterocycles. The predicted octanol–water partition coefficient (Wildman–Crippen LogP) is 2.79. The third kappa shape index (κ3) is 3.42. The number of aromatic nitrogens is 4. The minimum absolute atomic E-state index is 0.126. The number of aryl methyl sites for hydroxylation is 2. The summed E-state index contributed by atoms with van der Waals surface area (Å²) in [6, 6.07) is 9.61. The summed E-state index contributed by atoms with van der Waals surface area (Å²) >= 11 is 6.14. The molecule has 0 unspecified atom stereocenters. The monoisotopic (exact) mass is 374 g/mol. The van der Waals surface area contributed by atoms with Crippen LogP contribution in [0.2, 0.25) is 5.02 Å². The first-order chi connectivity index (χ1) is 12.4. The van der Waals surface area contributed by atoms with Crippen molar-refractivity contribution in [2.75, 3.05) is 5.32 Å². The molecule has 26 heavy (non-hydrogen) atoms. The maximum absolute atomic E-state index is 12.5. The van der Waals surface area contributed by atoms with Gasteiger partial charge in [0.2, 0.25) is 5.69 Å². The van der Waals surface area contributed by atoms with Crippen LogP contribution in [0.1, 0.15) is 21.7 Å². The van der Waals surface area contributed by atoms with Crippen molar-refractivity contribution in [1.82, 2.24) is 19.6 Å². The van der Waals surface area contributed by atoms with Crippen LogP contribution in [0.15, 0.2) is 36.5 Å². The summed E-state index contributed by atoms with van der Waals surface area (Å²) in [5.74, 6) is -0.576. The lowest BCUT2D eigenvalue weighted by atomic mass is 10.2. The molecule has 0 fully saturated rings. The van der Waals surface area contributed by atoms with Crippen LogP contribution >= 0.6 is 11.6 Å². The Kier molecular flexibility index (Phi) is 4.72. The summed E-state index contributed by atoms with van der Waals surface area (Å²) < 4.78 is 2.74. The standard InChI is InChI=1S/C16H15ClN6O3/c1-10-13(23(25)26)14(21(2)19-10)16(24)18-15-12(17)9-22(20-15)8-11-6-4-3-5-7-11/h3-7,9H,8H2,1-2H3,(H,18,20,24). The first-order valence-electron chi connectivity index (χ1n) is 7.63. The molecular weight excluding hydrogens is 360 g/mol. The highest BCUT2D eigenvalue weighted by Crippen LogP contribution is 2.25. The number of benzene rings is 1. The normalized spacial score (nSPS) is 10.7. The summed E-state index contributed by atoms with van der Waals surface area (Å²) in [4.78, 5) is 23.1. The lowest BCUT2D eigenvalue weighted by molar-refractivity contribution is -0.385. The van der Waals surface area contributed by atoms with E-state index in [4.69, 9.17) is 11.6 Å². The van der Waals surface area contributed by atoms with Crippen molar-refractivity contribution in [2.24, 2.45) is 7.05 Å². The van der Waals surface area contributed by atoms with Gasteiger partial charge in [-0.25, -0.2) is 0 Å². The fourth-order valence-electron chi connectivity index (χ4n) is 2.62. The van der Waals surface area contributed by atoms with E-state index in [0.29, 0.717) is 6.54 Å². The first kappa shape index (κ1) is 17.6. The lowest BCUT2D eigenvalue weighted by Crippen LogP contribution is -2.18. The zero-order valence-corrected chi connectivity index (χ0v) is 14.8. The fraction of sp³-hybridized carbons (Fsp3) is 0.188. The van der Waals surface area contributed by atoms with Crippen LogP contribution in [0.4, 0.5) is 11.5 Å². The maximum atomic E-state index is 12.5. The van der Waals surface area contributed by atoms with E-state index < -0.39 is 10.8 Å². The van der Waals surface area contributed by atoms with Crippen LogP contribution in [0.5, 0.6) is 0 Å².